The molecule has 2 aromatic carbocycles. The summed E-state index contributed by atoms with van der Waals surface area (Å²) >= 11 is 6.06. The van der Waals surface area contributed by atoms with Gasteiger partial charge in [-0.25, -0.2) is 9.37 Å². The molecule has 0 aliphatic heterocycles. The monoisotopic (exact) mass is 546 g/mol. The third-order valence-electron chi connectivity index (χ3n) is 6.13. The van der Waals surface area contributed by atoms with Crippen LogP contribution in [-0.2, 0) is 0 Å². The summed E-state index contributed by atoms with van der Waals surface area (Å²) in [5, 5.41) is 5.96. The average Bonchev–Trinajstić information content (AvgIpc) is 3.35. The van der Waals surface area contributed by atoms with Gasteiger partial charge in [-0.2, -0.15) is 13.2 Å². The minimum atomic E-state index is -4.31. The van der Waals surface area contributed by atoms with Gasteiger partial charge in [-0.1, -0.05) is 23.7 Å². The third-order valence-corrected chi connectivity index (χ3v) is 6.37. The van der Waals surface area contributed by atoms with E-state index in [2.05, 4.69) is 15.6 Å². The smallest absolute Gasteiger partial charge is 0.390 e. The maximum absolute atomic E-state index is 13.2. The molecule has 2 atom stereocenters. The number of rotatable bonds is 8. The van der Waals surface area contributed by atoms with Crippen LogP contribution < -0.4 is 15.4 Å². The Hall–Kier alpha value is -3.79. The number of pyridine rings is 1. The van der Waals surface area contributed by atoms with Crippen LogP contribution in [0.3, 0.4) is 0 Å². The normalized spacial score (nSPS) is 16.9. The SMILES string of the molecule is Cc1cc(-c2cnc3c(NCCC(F)(F)F)cc(Oc4cccc(Cl)c4)cn23)ccc1C(=O)NC1C[C@H]1F. The van der Waals surface area contributed by atoms with Crippen molar-refractivity contribution >= 4 is 28.8 Å². The summed E-state index contributed by atoms with van der Waals surface area (Å²) in [5.41, 5.74) is 3.24. The predicted octanol–water partition coefficient (Wildman–Crippen LogP) is 6.96. The first-order valence-electron chi connectivity index (χ1n) is 11.9. The van der Waals surface area contributed by atoms with Crippen LogP contribution in [0, 0.1) is 6.92 Å². The Labute approximate surface area is 220 Å². The van der Waals surface area contributed by atoms with Gasteiger partial charge >= 0.3 is 6.18 Å². The molecule has 4 aromatic rings. The lowest BCUT2D eigenvalue weighted by atomic mass is 10.0. The number of carbonyl (C=O) groups is 1. The minimum Gasteiger partial charge on any atom is -0.456 e. The fourth-order valence-electron chi connectivity index (χ4n) is 4.10. The number of alkyl halides is 4. The molecule has 2 aromatic heterocycles. The zero-order chi connectivity index (χ0) is 27.0. The number of amides is 1. The summed E-state index contributed by atoms with van der Waals surface area (Å²) in [5.74, 6) is 0.467. The van der Waals surface area contributed by atoms with E-state index in [1.165, 1.54) is 0 Å². The maximum Gasteiger partial charge on any atom is 0.390 e. The van der Waals surface area contributed by atoms with Crippen LogP contribution in [0.15, 0.2) is 60.9 Å². The topological polar surface area (TPSA) is 67.7 Å². The zero-order valence-corrected chi connectivity index (χ0v) is 20.9. The molecule has 1 fully saturated rings. The van der Waals surface area contributed by atoms with Gasteiger partial charge < -0.3 is 15.4 Å². The number of nitrogens with zero attached hydrogens (tertiary/aromatic N) is 2. The second kappa shape index (κ2) is 10.2. The van der Waals surface area contributed by atoms with Crippen molar-refractivity contribution in [3.05, 3.63) is 77.1 Å². The van der Waals surface area contributed by atoms with E-state index in [1.54, 1.807) is 72.2 Å². The number of aromatic nitrogens is 2. The lowest BCUT2D eigenvalue weighted by Gasteiger charge is -2.14. The van der Waals surface area contributed by atoms with E-state index in [1.807, 2.05) is 0 Å². The molecule has 1 aliphatic rings. The zero-order valence-electron chi connectivity index (χ0n) is 20.2. The molecular formula is C27H23ClF4N4O2. The first-order valence-corrected chi connectivity index (χ1v) is 12.3. The van der Waals surface area contributed by atoms with Gasteiger partial charge in [0.25, 0.3) is 5.91 Å². The van der Waals surface area contributed by atoms with Crippen LogP contribution >= 0.6 is 11.6 Å². The van der Waals surface area contributed by atoms with Crippen molar-refractivity contribution in [3.63, 3.8) is 0 Å². The van der Waals surface area contributed by atoms with Gasteiger partial charge in [0.05, 0.1) is 36.2 Å². The number of carbonyl (C=O) groups excluding carboxylic acids is 1. The number of nitrogens with one attached hydrogen (secondary N) is 2. The van der Waals surface area contributed by atoms with E-state index in [0.29, 0.717) is 51.1 Å². The third kappa shape index (κ3) is 5.85. The Bertz CT molecular complexity index is 1500. The van der Waals surface area contributed by atoms with Crippen molar-refractivity contribution in [1.82, 2.24) is 14.7 Å². The Morgan fingerprint density at radius 1 is 1.18 bits per heavy atom. The van der Waals surface area contributed by atoms with E-state index >= 15 is 0 Å². The Balaban J connectivity index is 1.49. The maximum atomic E-state index is 13.2. The summed E-state index contributed by atoms with van der Waals surface area (Å²) in [6.07, 6.45) is -2.73. The summed E-state index contributed by atoms with van der Waals surface area (Å²) in [6.45, 7) is 1.44. The molecule has 1 amide bonds. The number of benzene rings is 2. The highest BCUT2D eigenvalue weighted by Crippen LogP contribution is 2.33. The Morgan fingerprint density at radius 2 is 1.97 bits per heavy atom. The van der Waals surface area contributed by atoms with E-state index < -0.39 is 24.8 Å². The molecule has 11 heteroatoms. The lowest BCUT2D eigenvalue weighted by Crippen LogP contribution is -2.27. The van der Waals surface area contributed by atoms with Crippen molar-refractivity contribution in [1.29, 1.82) is 0 Å². The summed E-state index contributed by atoms with van der Waals surface area (Å²) in [6, 6.07) is 13.1. The molecule has 5 rings (SSSR count). The van der Waals surface area contributed by atoms with Gasteiger partial charge in [0.15, 0.2) is 5.65 Å². The van der Waals surface area contributed by atoms with Crippen LogP contribution in [0.25, 0.3) is 16.9 Å². The van der Waals surface area contributed by atoms with E-state index in [4.69, 9.17) is 16.3 Å². The lowest BCUT2D eigenvalue weighted by molar-refractivity contribution is -0.131. The second-order valence-corrected chi connectivity index (χ2v) is 9.58. The summed E-state index contributed by atoms with van der Waals surface area (Å²) in [4.78, 5) is 17.0. The van der Waals surface area contributed by atoms with Crippen molar-refractivity contribution in [3.8, 4) is 22.8 Å². The van der Waals surface area contributed by atoms with Crippen molar-refractivity contribution in [2.75, 3.05) is 11.9 Å². The Kier molecular flexibility index (Phi) is 6.92. The molecule has 2 heterocycles. The van der Waals surface area contributed by atoms with E-state index in [9.17, 15) is 22.4 Å². The first kappa shape index (κ1) is 25.8. The largest absolute Gasteiger partial charge is 0.456 e. The molecule has 0 saturated heterocycles. The summed E-state index contributed by atoms with van der Waals surface area (Å²) < 4.78 is 59.2. The second-order valence-electron chi connectivity index (χ2n) is 9.14. The molecule has 1 unspecified atom stereocenters. The van der Waals surface area contributed by atoms with Crippen molar-refractivity contribution in [2.45, 2.75) is 38.2 Å². The number of fused-ring (bicyclic) bond motifs is 1. The number of hydrogen-bond donors (Lipinski definition) is 2. The van der Waals surface area contributed by atoms with Crippen LogP contribution in [0.4, 0.5) is 23.2 Å². The van der Waals surface area contributed by atoms with Gasteiger partial charge in [-0.05, 0) is 42.8 Å². The molecule has 6 nitrogen and oxygen atoms in total. The predicted molar refractivity (Wildman–Crippen MR) is 137 cm³/mol. The fraction of sp³-hybridized carbons (Fsp3) is 0.259. The number of aryl methyl sites for hydroxylation is 1. The standard InChI is InChI=1S/C27H23ClF4N4O2/c1-15-9-16(5-6-20(15)26(37)35-22-12-21(22)29)24-13-34-25-23(33-8-7-27(30,31)32)11-19(14-36(24)25)38-18-4-2-3-17(28)10-18/h2-6,9-11,13-14,21-22,33H,7-8,12H2,1H3,(H,35,37)/t21-,22?/m1/s1. The number of anilines is 1. The van der Waals surface area contributed by atoms with Gasteiger partial charge in [0.1, 0.15) is 17.7 Å². The van der Waals surface area contributed by atoms with Gasteiger partial charge in [0, 0.05) is 35.2 Å². The highest BCUT2D eigenvalue weighted by Gasteiger charge is 2.39. The minimum absolute atomic E-state index is 0.323. The van der Waals surface area contributed by atoms with Crippen LogP contribution in [0.5, 0.6) is 11.5 Å². The van der Waals surface area contributed by atoms with Crippen LogP contribution in [-0.4, -0.2) is 40.2 Å². The van der Waals surface area contributed by atoms with E-state index in [0.717, 1.165) is 5.56 Å². The fourth-order valence-corrected chi connectivity index (χ4v) is 4.28. The number of halogens is 5. The van der Waals surface area contributed by atoms with Crippen molar-refractivity contribution < 1.29 is 27.1 Å². The Morgan fingerprint density at radius 3 is 2.66 bits per heavy atom. The molecular weight excluding hydrogens is 524 g/mol. The molecule has 38 heavy (non-hydrogen) atoms. The van der Waals surface area contributed by atoms with E-state index in [-0.39, 0.29) is 12.5 Å². The molecule has 2 N–H and O–H groups in total. The number of ether oxygens (including phenoxy) is 1. The number of hydrogen-bond acceptors (Lipinski definition) is 4. The van der Waals surface area contributed by atoms with Crippen LogP contribution in [0.2, 0.25) is 5.02 Å². The molecule has 0 bridgehead atoms. The molecule has 1 aliphatic carbocycles. The molecule has 198 valence electrons. The van der Waals surface area contributed by atoms with Gasteiger partial charge in [0.2, 0.25) is 0 Å². The highest BCUT2D eigenvalue weighted by atomic mass is 35.5. The van der Waals surface area contributed by atoms with Crippen LogP contribution in [0.1, 0.15) is 28.8 Å². The number of imidazole rings is 1. The first-order chi connectivity index (χ1) is 18.1. The van der Waals surface area contributed by atoms with Crippen molar-refractivity contribution in [2.24, 2.45) is 0 Å². The highest BCUT2D eigenvalue weighted by molar-refractivity contribution is 6.30. The molecule has 0 spiro atoms. The average molecular weight is 547 g/mol. The molecule has 0 radical (unpaired) electrons. The van der Waals surface area contributed by atoms with Gasteiger partial charge in [-0.3, -0.25) is 9.20 Å². The summed E-state index contributed by atoms with van der Waals surface area (Å²) in [7, 11) is 0. The van der Waals surface area contributed by atoms with Gasteiger partial charge in [-0.15, -0.1) is 0 Å². The molecule has 1 saturated carbocycles. The quantitative estimate of drug-likeness (QED) is 0.234.